The first kappa shape index (κ1) is 30.1. The maximum absolute atomic E-state index is 12.3. The van der Waals surface area contributed by atoms with E-state index in [1.165, 1.54) is 10.4 Å². The molecule has 2 N–H and O–H groups in total. The third-order valence-electron chi connectivity index (χ3n) is 8.90. The van der Waals surface area contributed by atoms with E-state index in [4.69, 9.17) is 4.43 Å². The quantitative estimate of drug-likeness (QED) is 0.337. The molecule has 0 spiro atoms. The highest BCUT2D eigenvalue weighted by atomic mass is 28.4. The molecule has 0 saturated heterocycles. The zero-order chi connectivity index (χ0) is 28.0. The number of nitrogens with one attached hydrogen (secondary N) is 1. The molecule has 1 amide bonds. The molecule has 0 aliphatic heterocycles. The average molecular weight is 538 g/mol. The standard InChI is InChI=1S/C32H47NO4Si/c1-24(25(2)33-26(3)34)27(19-22-32(30(35)36)20-13-14-21-32)23-37-38(31(4,5)6,28-15-9-7-10-16-28)29-17-11-8-12-18-29/h7-12,15-18,24-25,27H,13-14,19-23H2,1-6H3,(H,33,34)(H,35,36). The molecular weight excluding hydrogens is 490 g/mol. The van der Waals surface area contributed by atoms with Crippen molar-refractivity contribution in [2.45, 2.75) is 91.1 Å². The zero-order valence-electron chi connectivity index (χ0n) is 24.1. The van der Waals surface area contributed by atoms with E-state index >= 15 is 0 Å². The van der Waals surface area contributed by atoms with Gasteiger partial charge >= 0.3 is 5.97 Å². The van der Waals surface area contributed by atoms with Gasteiger partial charge in [0.15, 0.2) is 0 Å². The van der Waals surface area contributed by atoms with Crippen LogP contribution in [-0.4, -0.2) is 37.9 Å². The fourth-order valence-corrected chi connectivity index (χ4v) is 11.1. The van der Waals surface area contributed by atoms with Crippen LogP contribution in [-0.2, 0) is 14.0 Å². The molecule has 3 rings (SSSR count). The van der Waals surface area contributed by atoms with Gasteiger partial charge in [-0.05, 0) is 59.9 Å². The second kappa shape index (κ2) is 12.6. The van der Waals surface area contributed by atoms with Crippen LogP contribution in [0.3, 0.4) is 0 Å². The van der Waals surface area contributed by atoms with Crippen molar-refractivity contribution in [3.05, 3.63) is 60.7 Å². The fourth-order valence-electron chi connectivity index (χ4n) is 6.44. The van der Waals surface area contributed by atoms with Crippen molar-refractivity contribution in [2.24, 2.45) is 17.3 Å². The Morgan fingerprint density at radius 2 is 1.47 bits per heavy atom. The summed E-state index contributed by atoms with van der Waals surface area (Å²) in [7, 11) is -2.73. The molecule has 208 valence electrons. The number of carboxylic acid groups (broad SMARTS) is 1. The Bertz CT molecular complexity index is 1000. The summed E-state index contributed by atoms with van der Waals surface area (Å²) in [5.74, 6) is -0.474. The minimum Gasteiger partial charge on any atom is -0.481 e. The highest BCUT2D eigenvalue weighted by Gasteiger charge is 2.51. The third-order valence-corrected chi connectivity index (χ3v) is 13.9. The number of aliphatic carboxylic acids is 1. The van der Waals surface area contributed by atoms with Crippen LogP contribution in [0, 0.1) is 17.3 Å². The van der Waals surface area contributed by atoms with Gasteiger partial charge in [0.1, 0.15) is 0 Å². The summed E-state index contributed by atoms with van der Waals surface area (Å²) < 4.78 is 7.29. The summed E-state index contributed by atoms with van der Waals surface area (Å²) in [6.45, 7) is 13.1. The molecule has 1 fully saturated rings. The summed E-state index contributed by atoms with van der Waals surface area (Å²) in [6, 6.07) is 21.2. The minimum atomic E-state index is -2.73. The molecule has 2 aromatic carbocycles. The van der Waals surface area contributed by atoms with E-state index in [9.17, 15) is 14.7 Å². The zero-order valence-corrected chi connectivity index (χ0v) is 25.1. The van der Waals surface area contributed by atoms with Gasteiger partial charge < -0.3 is 14.8 Å². The van der Waals surface area contributed by atoms with E-state index in [-0.39, 0.29) is 28.8 Å². The monoisotopic (exact) mass is 537 g/mol. The Hall–Kier alpha value is -2.44. The van der Waals surface area contributed by atoms with E-state index < -0.39 is 19.7 Å². The van der Waals surface area contributed by atoms with Gasteiger partial charge in [-0.25, -0.2) is 0 Å². The van der Waals surface area contributed by atoms with Crippen molar-refractivity contribution in [3.8, 4) is 0 Å². The summed E-state index contributed by atoms with van der Waals surface area (Å²) in [4.78, 5) is 24.2. The molecule has 38 heavy (non-hydrogen) atoms. The van der Waals surface area contributed by atoms with Crippen LogP contribution in [0.25, 0.3) is 0 Å². The Morgan fingerprint density at radius 1 is 0.974 bits per heavy atom. The maximum atomic E-state index is 12.3. The van der Waals surface area contributed by atoms with Crippen molar-refractivity contribution < 1.29 is 19.1 Å². The highest BCUT2D eigenvalue weighted by Crippen LogP contribution is 2.44. The van der Waals surface area contributed by atoms with Gasteiger partial charge in [-0.15, -0.1) is 0 Å². The number of amides is 1. The summed E-state index contributed by atoms with van der Waals surface area (Å²) in [5, 5.41) is 15.5. The molecule has 0 heterocycles. The van der Waals surface area contributed by atoms with Gasteiger partial charge in [0.05, 0.1) is 5.41 Å². The minimum absolute atomic E-state index is 0.0374. The van der Waals surface area contributed by atoms with Gasteiger partial charge in [-0.3, -0.25) is 9.59 Å². The fraction of sp³-hybridized carbons (Fsp3) is 0.562. The summed E-state index contributed by atoms with van der Waals surface area (Å²) in [5.41, 5.74) is -0.632. The lowest BCUT2D eigenvalue weighted by atomic mass is 9.76. The Morgan fingerprint density at radius 3 is 1.89 bits per heavy atom. The van der Waals surface area contributed by atoms with E-state index in [1.54, 1.807) is 6.92 Å². The predicted molar refractivity (Wildman–Crippen MR) is 157 cm³/mol. The lowest BCUT2D eigenvalue weighted by Gasteiger charge is -2.44. The van der Waals surface area contributed by atoms with Gasteiger partial charge in [0.2, 0.25) is 5.91 Å². The molecule has 2 aromatic rings. The number of carbonyl (C=O) groups is 2. The largest absolute Gasteiger partial charge is 0.481 e. The number of hydrogen-bond donors (Lipinski definition) is 2. The molecule has 0 radical (unpaired) electrons. The normalized spacial score (nSPS) is 17.9. The Balaban J connectivity index is 1.99. The summed E-state index contributed by atoms with van der Waals surface area (Å²) in [6.07, 6.45) is 4.87. The Kier molecular flexibility index (Phi) is 9.99. The number of rotatable bonds is 12. The lowest BCUT2D eigenvalue weighted by molar-refractivity contribution is -0.149. The lowest BCUT2D eigenvalue weighted by Crippen LogP contribution is -2.67. The van der Waals surface area contributed by atoms with E-state index in [1.807, 2.05) is 19.1 Å². The van der Waals surface area contributed by atoms with Crippen molar-refractivity contribution in [3.63, 3.8) is 0 Å². The molecule has 0 bridgehead atoms. The van der Waals surface area contributed by atoms with Crippen molar-refractivity contribution in [2.75, 3.05) is 6.61 Å². The SMILES string of the molecule is CC(=O)NC(C)C(C)C(CCC1(C(=O)O)CCCC1)CO[Si](c1ccccc1)(c1ccccc1)C(C)(C)C. The number of carbonyl (C=O) groups excluding carboxylic acids is 1. The van der Waals surface area contributed by atoms with Gasteiger partial charge in [-0.2, -0.15) is 0 Å². The second-order valence-electron chi connectivity index (χ2n) is 12.4. The van der Waals surface area contributed by atoms with E-state index in [2.05, 4.69) is 81.5 Å². The molecule has 1 aliphatic rings. The third kappa shape index (κ3) is 6.57. The van der Waals surface area contributed by atoms with Gasteiger partial charge in [-0.1, -0.05) is 101 Å². The van der Waals surface area contributed by atoms with Crippen molar-refractivity contribution >= 4 is 30.6 Å². The van der Waals surface area contributed by atoms with Crippen LogP contribution in [0.15, 0.2) is 60.7 Å². The number of carboxylic acids is 1. The topological polar surface area (TPSA) is 75.6 Å². The maximum Gasteiger partial charge on any atom is 0.309 e. The van der Waals surface area contributed by atoms with Gasteiger partial charge in [0.25, 0.3) is 8.32 Å². The van der Waals surface area contributed by atoms with Crippen LogP contribution in [0.4, 0.5) is 0 Å². The first-order valence-electron chi connectivity index (χ1n) is 14.2. The average Bonchev–Trinajstić information content (AvgIpc) is 3.36. The molecule has 1 saturated carbocycles. The summed E-state index contributed by atoms with van der Waals surface area (Å²) >= 11 is 0. The van der Waals surface area contributed by atoms with Crippen LogP contribution >= 0.6 is 0 Å². The van der Waals surface area contributed by atoms with Crippen molar-refractivity contribution in [1.29, 1.82) is 0 Å². The first-order valence-corrected chi connectivity index (χ1v) is 16.1. The van der Waals surface area contributed by atoms with Crippen molar-refractivity contribution in [1.82, 2.24) is 5.32 Å². The predicted octanol–water partition coefficient (Wildman–Crippen LogP) is 5.77. The first-order chi connectivity index (χ1) is 17.9. The van der Waals surface area contributed by atoms with Crippen LogP contribution in [0.2, 0.25) is 5.04 Å². The van der Waals surface area contributed by atoms with E-state index in [0.29, 0.717) is 13.0 Å². The molecule has 0 aromatic heterocycles. The van der Waals surface area contributed by atoms with Crippen LogP contribution in [0.1, 0.15) is 80.1 Å². The molecule has 6 heteroatoms. The number of hydrogen-bond acceptors (Lipinski definition) is 3. The van der Waals surface area contributed by atoms with Crippen LogP contribution in [0.5, 0.6) is 0 Å². The van der Waals surface area contributed by atoms with Crippen LogP contribution < -0.4 is 15.7 Å². The smallest absolute Gasteiger partial charge is 0.309 e. The van der Waals surface area contributed by atoms with Gasteiger partial charge in [0, 0.05) is 19.6 Å². The molecule has 5 nitrogen and oxygen atoms in total. The van der Waals surface area contributed by atoms with E-state index in [0.717, 1.165) is 32.1 Å². The Labute approximate surface area is 230 Å². The second-order valence-corrected chi connectivity index (χ2v) is 16.7. The molecule has 3 atom stereocenters. The number of benzene rings is 2. The molecular formula is C32H47NO4Si. The molecule has 1 aliphatic carbocycles. The molecule has 3 unspecified atom stereocenters. The highest BCUT2D eigenvalue weighted by molar-refractivity contribution is 6.99.